The van der Waals surface area contributed by atoms with Crippen molar-refractivity contribution in [1.29, 1.82) is 0 Å². The Balaban J connectivity index is 1.57. The van der Waals surface area contributed by atoms with E-state index < -0.39 is 0 Å². The fourth-order valence-electron chi connectivity index (χ4n) is 3.18. The van der Waals surface area contributed by atoms with E-state index in [2.05, 4.69) is 10.1 Å². The van der Waals surface area contributed by atoms with Crippen LogP contribution in [0.15, 0.2) is 53.1 Å². The van der Waals surface area contributed by atoms with E-state index in [9.17, 15) is 4.79 Å². The predicted octanol–water partition coefficient (Wildman–Crippen LogP) is 3.87. The van der Waals surface area contributed by atoms with Gasteiger partial charge in [-0.3, -0.25) is 4.79 Å². The second-order valence-electron chi connectivity index (χ2n) is 6.51. The predicted molar refractivity (Wildman–Crippen MR) is 95.4 cm³/mol. The Morgan fingerprint density at radius 2 is 1.84 bits per heavy atom. The summed E-state index contributed by atoms with van der Waals surface area (Å²) in [5.74, 6) is 1.12. The van der Waals surface area contributed by atoms with Crippen LogP contribution in [-0.4, -0.2) is 22.6 Å². The minimum absolute atomic E-state index is 0.0703. The average Bonchev–Trinajstić information content (AvgIpc) is 3.23. The van der Waals surface area contributed by atoms with Crippen molar-refractivity contribution >= 4 is 11.6 Å². The first-order chi connectivity index (χ1) is 12.1. The summed E-state index contributed by atoms with van der Waals surface area (Å²) in [4.78, 5) is 18.7. The van der Waals surface area contributed by atoms with Crippen molar-refractivity contribution in [3.05, 3.63) is 65.5 Å². The van der Waals surface area contributed by atoms with Gasteiger partial charge in [0.2, 0.25) is 17.6 Å². The number of rotatable bonds is 3. The van der Waals surface area contributed by atoms with Gasteiger partial charge in [0.25, 0.3) is 0 Å². The molecule has 0 saturated carbocycles. The van der Waals surface area contributed by atoms with Crippen molar-refractivity contribution in [1.82, 2.24) is 10.1 Å². The number of carbonyl (C=O) groups is 1. The Kier molecular flexibility index (Phi) is 3.84. The van der Waals surface area contributed by atoms with Gasteiger partial charge in [0.1, 0.15) is 0 Å². The molecule has 126 valence electrons. The van der Waals surface area contributed by atoms with Gasteiger partial charge < -0.3 is 9.42 Å². The number of aromatic nitrogens is 2. The highest BCUT2D eigenvalue weighted by Gasteiger charge is 2.35. The van der Waals surface area contributed by atoms with Gasteiger partial charge >= 0.3 is 0 Å². The number of amides is 1. The highest BCUT2D eigenvalue weighted by molar-refractivity contribution is 5.96. The Hall–Kier alpha value is -2.95. The van der Waals surface area contributed by atoms with Crippen molar-refractivity contribution in [2.45, 2.75) is 26.2 Å². The summed E-state index contributed by atoms with van der Waals surface area (Å²) < 4.78 is 5.47. The maximum Gasteiger partial charge on any atom is 0.232 e. The van der Waals surface area contributed by atoms with Crippen LogP contribution in [0.1, 0.15) is 29.4 Å². The molecule has 0 bridgehead atoms. The molecule has 1 atom stereocenters. The summed E-state index contributed by atoms with van der Waals surface area (Å²) >= 11 is 0. The van der Waals surface area contributed by atoms with Crippen LogP contribution >= 0.6 is 0 Å². The largest absolute Gasteiger partial charge is 0.339 e. The summed E-state index contributed by atoms with van der Waals surface area (Å²) in [6.07, 6.45) is 0.392. The minimum atomic E-state index is -0.0703. The topological polar surface area (TPSA) is 59.2 Å². The average molecular weight is 333 g/mol. The van der Waals surface area contributed by atoms with E-state index in [-0.39, 0.29) is 11.8 Å². The Labute approximate surface area is 146 Å². The Morgan fingerprint density at radius 1 is 1.08 bits per heavy atom. The van der Waals surface area contributed by atoms with E-state index in [1.165, 1.54) is 5.56 Å². The number of aryl methyl sites for hydroxylation is 2. The quantitative estimate of drug-likeness (QED) is 0.730. The SMILES string of the molecule is Cc1ccc(N2CC(c3nc(-c4ccccc4C)no3)CC2=O)cc1. The van der Waals surface area contributed by atoms with Crippen molar-refractivity contribution < 1.29 is 9.32 Å². The highest BCUT2D eigenvalue weighted by Crippen LogP contribution is 2.32. The monoisotopic (exact) mass is 333 g/mol. The molecular weight excluding hydrogens is 314 g/mol. The van der Waals surface area contributed by atoms with E-state index in [1.807, 2.05) is 62.4 Å². The van der Waals surface area contributed by atoms with Gasteiger partial charge in [-0.15, -0.1) is 0 Å². The van der Waals surface area contributed by atoms with E-state index in [0.29, 0.717) is 24.7 Å². The zero-order valence-corrected chi connectivity index (χ0v) is 14.3. The molecular formula is C20H19N3O2. The summed E-state index contributed by atoms with van der Waals surface area (Å²) in [7, 11) is 0. The van der Waals surface area contributed by atoms with Gasteiger partial charge in [0.15, 0.2) is 0 Å². The van der Waals surface area contributed by atoms with Crippen LogP contribution in [0, 0.1) is 13.8 Å². The molecule has 1 saturated heterocycles. The third-order valence-corrected chi connectivity index (χ3v) is 4.65. The number of carbonyl (C=O) groups excluding carboxylic acids is 1. The number of anilines is 1. The lowest BCUT2D eigenvalue weighted by atomic mass is 10.1. The van der Waals surface area contributed by atoms with Gasteiger partial charge in [-0.1, -0.05) is 47.1 Å². The molecule has 2 heterocycles. The van der Waals surface area contributed by atoms with E-state index in [0.717, 1.165) is 16.8 Å². The second-order valence-corrected chi connectivity index (χ2v) is 6.51. The van der Waals surface area contributed by atoms with E-state index in [1.54, 1.807) is 4.90 Å². The molecule has 4 rings (SSSR count). The summed E-state index contributed by atoms with van der Waals surface area (Å²) in [6, 6.07) is 15.9. The first-order valence-electron chi connectivity index (χ1n) is 8.38. The molecule has 0 N–H and O–H groups in total. The van der Waals surface area contributed by atoms with E-state index in [4.69, 9.17) is 4.52 Å². The molecule has 5 heteroatoms. The van der Waals surface area contributed by atoms with Crippen LogP contribution < -0.4 is 4.90 Å². The fourth-order valence-corrected chi connectivity index (χ4v) is 3.18. The molecule has 3 aromatic rings. The first kappa shape index (κ1) is 15.6. The molecule has 1 aromatic heterocycles. The highest BCUT2D eigenvalue weighted by atomic mass is 16.5. The number of nitrogens with zero attached hydrogens (tertiary/aromatic N) is 3. The number of hydrogen-bond donors (Lipinski definition) is 0. The minimum Gasteiger partial charge on any atom is -0.339 e. The van der Waals surface area contributed by atoms with Crippen LogP contribution in [0.4, 0.5) is 5.69 Å². The first-order valence-corrected chi connectivity index (χ1v) is 8.38. The maximum atomic E-state index is 12.4. The van der Waals surface area contributed by atoms with Crippen LogP contribution in [-0.2, 0) is 4.79 Å². The smallest absolute Gasteiger partial charge is 0.232 e. The second kappa shape index (κ2) is 6.16. The van der Waals surface area contributed by atoms with Crippen LogP contribution in [0.2, 0.25) is 0 Å². The van der Waals surface area contributed by atoms with Gasteiger partial charge in [-0.25, -0.2) is 0 Å². The molecule has 1 amide bonds. The molecule has 0 aliphatic carbocycles. The Morgan fingerprint density at radius 3 is 2.60 bits per heavy atom. The zero-order valence-electron chi connectivity index (χ0n) is 14.3. The van der Waals surface area contributed by atoms with Crippen LogP contribution in [0.3, 0.4) is 0 Å². The number of hydrogen-bond acceptors (Lipinski definition) is 4. The van der Waals surface area contributed by atoms with Crippen molar-refractivity contribution in [3.63, 3.8) is 0 Å². The van der Waals surface area contributed by atoms with Gasteiger partial charge in [0, 0.05) is 24.2 Å². The number of benzene rings is 2. The molecule has 0 spiro atoms. The molecule has 2 aromatic carbocycles. The lowest BCUT2D eigenvalue weighted by Gasteiger charge is -2.16. The maximum absolute atomic E-state index is 12.4. The van der Waals surface area contributed by atoms with Crippen molar-refractivity contribution in [2.24, 2.45) is 0 Å². The summed E-state index contributed by atoms with van der Waals surface area (Å²) in [5, 5.41) is 4.11. The lowest BCUT2D eigenvalue weighted by Crippen LogP contribution is -2.24. The van der Waals surface area contributed by atoms with Gasteiger partial charge in [0.05, 0.1) is 5.92 Å². The van der Waals surface area contributed by atoms with Crippen LogP contribution in [0.5, 0.6) is 0 Å². The Bertz CT molecular complexity index is 915. The van der Waals surface area contributed by atoms with E-state index >= 15 is 0 Å². The van der Waals surface area contributed by atoms with Crippen LogP contribution in [0.25, 0.3) is 11.4 Å². The third-order valence-electron chi connectivity index (χ3n) is 4.65. The van der Waals surface area contributed by atoms with Gasteiger partial charge in [-0.05, 0) is 31.5 Å². The molecule has 25 heavy (non-hydrogen) atoms. The molecule has 1 fully saturated rings. The third kappa shape index (κ3) is 2.93. The lowest BCUT2D eigenvalue weighted by molar-refractivity contribution is -0.117. The molecule has 1 aliphatic heterocycles. The molecule has 0 radical (unpaired) electrons. The fraction of sp³-hybridized carbons (Fsp3) is 0.250. The molecule has 1 unspecified atom stereocenters. The van der Waals surface area contributed by atoms with Crippen molar-refractivity contribution in [3.8, 4) is 11.4 Å². The van der Waals surface area contributed by atoms with Gasteiger partial charge in [-0.2, -0.15) is 4.98 Å². The summed E-state index contributed by atoms with van der Waals surface area (Å²) in [5.41, 5.74) is 4.14. The molecule has 5 nitrogen and oxygen atoms in total. The standard InChI is InChI=1S/C20H19N3O2/c1-13-7-9-16(10-8-13)23-12-15(11-18(23)24)20-21-19(22-25-20)17-6-4-3-5-14(17)2/h3-10,15H,11-12H2,1-2H3. The summed E-state index contributed by atoms with van der Waals surface area (Å²) in [6.45, 7) is 4.62. The normalized spacial score (nSPS) is 17.3. The van der Waals surface area contributed by atoms with Crippen molar-refractivity contribution in [2.75, 3.05) is 11.4 Å². The molecule has 1 aliphatic rings. The zero-order chi connectivity index (χ0) is 17.4.